The maximum absolute atomic E-state index is 13.1. The highest BCUT2D eigenvalue weighted by Crippen LogP contribution is 2.31. The van der Waals surface area contributed by atoms with E-state index in [0.717, 1.165) is 30.5 Å². The summed E-state index contributed by atoms with van der Waals surface area (Å²) in [7, 11) is -7.17. The number of nitrogens with zero attached hydrogens (tertiary/aromatic N) is 1. The van der Waals surface area contributed by atoms with Gasteiger partial charge in [-0.1, -0.05) is 0 Å². The summed E-state index contributed by atoms with van der Waals surface area (Å²) < 4.78 is 78.5. The number of methoxy groups -OCH3 is 1. The van der Waals surface area contributed by atoms with Gasteiger partial charge < -0.3 is 9.47 Å². The van der Waals surface area contributed by atoms with Crippen molar-refractivity contribution in [3.63, 3.8) is 0 Å². The van der Waals surface area contributed by atoms with Crippen LogP contribution in [0.5, 0.6) is 5.75 Å². The van der Waals surface area contributed by atoms with Gasteiger partial charge in [0.25, 0.3) is 20.0 Å². The topological polar surface area (TPSA) is 157 Å². The van der Waals surface area contributed by atoms with Gasteiger partial charge in [0, 0.05) is 0 Å². The van der Waals surface area contributed by atoms with Crippen molar-refractivity contribution in [2.75, 3.05) is 23.2 Å². The van der Waals surface area contributed by atoms with Crippen LogP contribution in [0.15, 0.2) is 58.6 Å². The summed E-state index contributed by atoms with van der Waals surface area (Å²) in [4.78, 5) is 11.8. The number of aromatic nitrogens is 2. The molecule has 0 unspecified atom stereocenters. The molecule has 0 amide bonds. The Morgan fingerprint density at radius 2 is 1.76 bits per heavy atom. The highest BCUT2D eigenvalue weighted by Gasteiger charge is 2.26. The first-order chi connectivity index (χ1) is 15.6. The number of anilines is 2. The third-order valence-electron chi connectivity index (χ3n) is 4.19. The first-order valence-corrected chi connectivity index (χ1v) is 12.2. The third-order valence-corrected chi connectivity index (χ3v) is 6.92. The molecule has 0 aliphatic heterocycles. The predicted molar refractivity (Wildman–Crippen MR) is 116 cm³/mol. The largest absolute Gasteiger partial charge is 0.495 e. The summed E-state index contributed by atoms with van der Waals surface area (Å²) in [6, 6.07) is 7.96. The second-order valence-corrected chi connectivity index (χ2v) is 9.71. The Morgan fingerprint density at radius 1 is 1.06 bits per heavy atom. The molecule has 0 atom stereocenters. The first kappa shape index (κ1) is 24.0. The molecule has 0 saturated carbocycles. The number of benzene rings is 2. The standard InChI is InChI=1S/C19H19FN4O7S2/c1-3-31-19(25)15-11-21-22-18(15)33(28,29)23-13-6-9-17(30-2)16(10-13)24-32(26,27)14-7-4-12(20)5-8-14/h4-11,23-24H,3H2,1-2H3,(H,21,22). The Hall–Kier alpha value is -3.65. The Labute approximate surface area is 189 Å². The van der Waals surface area contributed by atoms with Gasteiger partial charge >= 0.3 is 5.97 Å². The van der Waals surface area contributed by atoms with Crippen LogP contribution in [0.2, 0.25) is 0 Å². The highest BCUT2D eigenvalue weighted by molar-refractivity contribution is 7.93. The smallest absolute Gasteiger partial charge is 0.342 e. The number of nitrogens with one attached hydrogen (secondary N) is 3. The average molecular weight is 499 g/mol. The zero-order chi connectivity index (χ0) is 24.2. The van der Waals surface area contributed by atoms with E-state index in [1.807, 2.05) is 0 Å². The Kier molecular flexibility index (Phi) is 6.88. The first-order valence-electron chi connectivity index (χ1n) is 9.27. The SMILES string of the molecule is CCOC(=O)c1cn[nH]c1S(=O)(=O)Nc1ccc(OC)c(NS(=O)(=O)c2ccc(F)cc2)c1. The number of aromatic amines is 1. The molecule has 11 nitrogen and oxygen atoms in total. The monoisotopic (exact) mass is 498 g/mol. The van der Waals surface area contributed by atoms with Gasteiger partial charge in [-0.3, -0.25) is 14.5 Å². The number of halogens is 1. The Bertz CT molecular complexity index is 1370. The molecule has 176 valence electrons. The molecular formula is C19H19FN4O7S2. The van der Waals surface area contributed by atoms with Gasteiger partial charge in [-0.15, -0.1) is 0 Å². The van der Waals surface area contributed by atoms with E-state index in [1.165, 1.54) is 25.3 Å². The zero-order valence-corrected chi connectivity index (χ0v) is 19.0. The zero-order valence-electron chi connectivity index (χ0n) is 17.3. The van der Waals surface area contributed by atoms with Gasteiger partial charge in [-0.2, -0.15) is 13.5 Å². The molecule has 14 heteroatoms. The molecule has 0 aliphatic rings. The average Bonchev–Trinajstić information content (AvgIpc) is 3.25. The normalized spacial score (nSPS) is 11.6. The lowest BCUT2D eigenvalue weighted by Gasteiger charge is -2.14. The van der Waals surface area contributed by atoms with Gasteiger partial charge in [0.1, 0.15) is 17.1 Å². The van der Waals surface area contributed by atoms with E-state index >= 15 is 0 Å². The van der Waals surface area contributed by atoms with E-state index in [0.29, 0.717) is 0 Å². The van der Waals surface area contributed by atoms with Gasteiger partial charge in [-0.25, -0.2) is 17.6 Å². The van der Waals surface area contributed by atoms with Gasteiger partial charge in [0.15, 0.2) is 5.03 Å². The quantitative estimate of drug-likeness (QED) is 0.380. The minimum absolute atomic E-state index is 0.0347. The maximum atomic E-state index is 13.1. The van der Waals surface area contributed by atoms with E-state index in [1.54, 1.807) is 6.92 Å². The number of rotatable bonds is 9. The second kappa shape index (κ2) is 9.46. The van der Waals surface area contributed by atoms with Crippen LogP contribution in [0, 0.1) is 5.82 Å². The third kappa shape index (κ3) is 5.40. The fourth-order valence-corrected chi connectivity index (χ4v) is 4.91. The number of carbonyl (C=O) groups excluding carboxylic acids is 1. The predicted octanol–water partition coefficient (Wildman–Crippen LogP) is 2.34. The number of esters is 1. The fraction of sp³-hybridized carbons (Fsp3) is 0.158. The molecule has 2 aromatic carbocycles. The molecule has 0 fully saturated rings. The second-order valence-electron chi connectivity index (χ2n) is 6.41. The van der Waals surface area contributed by atoms with Crippen molar-refractivity contribution in [3.8, 4) is 5.75 Å². The van der Waals surface area contributed by atoms with Crippen LogP contribution < -0.4 is 14.2 Å². The van der Waals surface area contributed by atoms with Crippen molar-refractivity contribution in [1.82, 2.24) is 10.2 Å². The molecule has 0 radical (unpaired) electrons. The van der Waals surface area contributed by atoms with Crippen LogP contribution in [0.25, 0.3) is 0 Å². The number of hydrogen-bond donors (Lipinski definition) is 3. The number of carbonyl (C=O) groups is 1. The molecule has 0 saturated heterocycles. The summed E-state index contributed by atoms with van der Waals surface area (Å²) in [6.07, 6.45) is 1.02. The Balaban J connectivity index is 1.92. The van der Waals surface area contributed by atoms with Crippen LogP contribution in [-0.4, -0.2) is 46.7 Å². The molecular weight excluding hydrogens is 479 g/mol. The van der Waals surface area contributed by atoms with Crippen molar-refractivity contribution < 1.29 is 35.5 Å². The maximum Gasteiger partial charge on any atom is 0.342 e. The van der Waals surface area contributed by atoms with E-state index in [9.17, 15) is 26.0 Å². The minimum Gasteiger partial charge on any atom is -0.495 e. The van der Waals surface area contributed by atoms with Crippen LogP contribution in [0.3, 0.4) is 0 Å². The summed E-state index contributed by atoms with van der Waals surface area (Å²) in [6.45, 7) is 1.60. The summed E-state index contributed by atoms with van der Waals surface area (Å²) in [5, 5.41) is 5.30. The van der Waals surface area contributed by atoms with Crippen LogP contribution in [0.1, 0.15) is 17.3 Å². The molecule has 0 spiro atoms. The highest BCUT2D eigenvalue weighted by atomic mass is 32.2. The van der Waals surface area contributed by atoms with Crippen molar-refractivity contribution in [1.29, 1.82) is 0 Å². The summed E-state index contributed by atoms with van der Waals surface area (Å²) >= 11 is 0. The fourth-order valence-electron chi connectivity index (χ4n) is 2.71. The lowest BCUT2D eigenvalue weighted by molar-refractivity contribution is 0.0522. The van der Waals surface area contributed by atoms with Crippen molar-refractivity contribution in [2.45, 2.75) is 16.8 Å². The molecule has 33 heavy (non-hydrogen) atoms. The van der Waals surface area contributed by atoms with Gasteiger partial charge in [0.05, 0.1) is 36.2 Å². The lowest BCUT2D eigenvalue weighted by Crippen LogP contribution is -2.18. The van der Waals surface area contributed by atoms with E-state index in [-0.39, 0.29) is 34.2 Å². The van der Waals surface area contributed by atoms with Crippen LogP contribution >= 0.6 is 0 Å². The van der Waals surface area contributed by atoms with Crippen molar-refractivity contribution in [2.24, 2.45) is 0 Å². The number of hydrogen-bond acceptors (Lipinski definition) is 8. The molecule has 1 aromatic heterocycles. The van der Waals surface area contributed by atoms with Crippen molar-refractivity contribution >= 4 is 37.4 Å². The van der Waals surface area contributed by atoms with E-state index in [4.69, 9.17) is 9.47 Å². The number of sulfonamides is 2. The Morgan fingerprint density at radius 3 is 2.39 bits per heavy atom. The summed E-state index contributed by atoms with van der Waals surface area (Å²) in [5.74, 6) is -1.39. The summed E-state index contributed by atoms with van der Waals surface area (Å²) in [5.41, 5.74) is -0.427. The number of ether oxygens (including phenoxy) is 2. The van der Waals surface area contributed by atoms with Crippen molar-refractivity contribution in [3.05, 3.63) is 60.0 Å². The molecule has 0 aliphatic carbocycles. The lowest BCUT2D eigenvalue weighted by atomic mass is 10.2. The van der Waals surface area contributed by atoms with E-state index < -0.39 is 36.9 Å². The number of H-pyrrole nitrogens is 1. The van der Waals surface area contributed by atoms with Gasteiger partial charge in [-0.05, 0) is 49.4 Å². The van der Waals surface area contributed by atoms with E-state index in [2.05, 4.69) is 19.6 Å². The molecule has 0 bridgehead atoms. The molecule has 3 N–H and O–H groups in total. The van der Waals surface area contributed by atoms with Crippen LogP contribution in [-0.2, 0) is 24.8 Å². The molecule has 1 heterocycles. The minimum atomic E-state index is -4.33. The van der Waals surface area contributed by atoms with Crippen LogP contribution in [0.4, 0.5) is 15.8 Å². The molecule has 3 aromatic rings. The van der Waals surface area contributed by atoms with Gasteiger partial charge in [0.2, 0.25) is 0 Å². The molecule has 3 rings (SSSR count).